The summed E-state index contributed by atoms with van der Waals surface area (Å²) in [4.78, 5) is 8.50. The van der Waals surface area contributed by atoms with Crippen molar-refractivity contribution in [3.8, 4) is 0 Å². The summed E-state index contributed by atoms with van der Waals surface area (Å²) >= 11 is 6.23. The molecule has 0 radical (unpaired) electrons. The van der Waals surface area contributed by atoms with Crippen molar-refractivity contribution < 1.29 is 14.6 Å². The van der Waals surface area contributed by atoms with Crippen molar-refractivity contribution in [3.63, 3.8) is 0 Å². The Balaban J connectivity index is 1.19. The zero-order chi connectivity index (χ0) is 24.4. The van der Waals surface area contributed by atoms with Crippen molar-refractivity contribution in [2.24, 2.45) is 23.2 Å². The number of aliphatic hydroxyl groups is 2. The van der Waals surface area contributed by atoms with Gasteiger partial charge in [0.1, 0.15) is 0 Å². The molecule has 4 bridgehead atoms. The Morgan fingerprint density at radius 2 is 1.91 bits per heavy atom. The number of nitrogens with zero attached hydrogens (tertiary/aromatic N) is 2. The number of hydrogen-bond acceptors (Lipinski definition) is 7. The quantitative estimate of drug-likeness (QED) is 0.317. The number of hydrogen-bond donors (Lipinski definition) is 5. The van der Waals surface area contributed by atoms with Gasteiger partial charge < -0.3 is 26.2 Å². The minimum absolute atomic E-state index is 0.168. The lowest BCUT2D eigenvalue weighted by molar-refractivity contribution is -0.0699. The lowest BCUT2D eigenvalue weighted by atomic mass is 9.48. The molecule has 6 rings (SSSR count). The maximum atomic E-state index is 14.6. The van der Waals surface area contributed by atoms with E-state index in [-0.39, 0.29) is 17.8 Å². The van der Waals surface area contributed by atoms with E-state index in [0.29, 0.717) is 48.4 Å². The van der Waals surface area contributed by atoms with Crippen LogP contribution in [0.2, 0.25) is 5.02 Å². The van der Waals surface area contributed by atoms with Crippen LogP contribution in [0, 0.1) is 29.0 Å². The van der Waals surface area contributed by atoms with Crippen LogP contribution in [-0.2, 0) is 6.54 Å². The van der Waals surface area contributed by atoms with Crippen molar-refractivity contribution in [2.45, 2.75) is 57.2 Å². The molecule has 35 heavy (non-hydrogen) atoms. The Bertz CT molecular complexity index is 1010. The normalized spacial score (nSPS) is 29.8. The van der Waals surface area contributed by atoms with Gasteiger partial charge in [-0.1, -0.05) is 29.8 Å². The van der Waals surface area contributed by atoms with E-state index in [9.17, 15) is 9.50 Å². The van der Waals surface area contributed by atoms with Gasteiger partial charge in [-0.25, -0.2) is 9.37 Å². The van der Waals surface area contributed by atoms with Crippen LogP contribution in [0.1, 0.15) is 44.1 Å². The highest BCUT2D eigenvalue weighted by Gasteiger charge is 2.55. The lowest BCUT2D eigenvalue weighted by Crippen LogP contribution is -2.59. The van der Waals surface area contributed by atoms with Gasteiger partial charge in [-0.05, 0) is 79.9 Å². The zero-order valence-electron chi connectivity index (χ0n) is 19.9. The number of nitrogens with one attached hydrogen (secondary N) is 3. The summed E-state index contributed by atoms with van der Waals surface area (Å²) in [7, 11) is 0. The fourth-order valence-corrected chi connectivity index (χ4v) is 7.12. The van der Waals surface area contributed by atoms with E-state index in [2.05, 4.69) is 25.9 Å². The van der Waals surface area contributed by atoms with Gasteiger partial charge in [-0.15, -0.1) is 0 Å². The second kappa shape index (κ2) is 10.5. The van der Waals surface area contributed by atoms with Gasteiger partial charge in [-0.2, -0.15) is 4.98 Å². The Hall–Kier alpha value is -2.00. The van der Waals surface area contributed by atoms with Gasteiger partial charge in [0.2, 0.25) is 5.95 Å². The number of anilines is 2. The van der Waals surface area contributed by atoms with Crippen molar-refractivity contribution in [2.75, 3.05) is 30.3 Å². The Kier molecular flexibility index (Phi) is 7.44. The molecule has 7 nitrogen and oxygen atoms in total. The zero-order valence-corrected chi connectivity index (χ0v) is 20.6. The van der Waals surface area contributed by atoms with Crippen LogP contribution in [0.15, 0.2) is 30.5 Å². The summed E-state index contributed by atoms with van der Waals surface area (Å²) in [6, 6.07) is 8.04. The average molecular weight is 504 g/mol. The van der Waals surface area contributed by atoms with Crippen LogP contribution in [0.5, 0.6) is 0 Å². The molecular formula is C26H35ClFN5O2. The van der Waals surface area contributed by atoms with Crippen molar-refractivity contribution in [3.05, 3.63) is 46.9 Å². The van der Waals surface area contributed by atoms with Gasteiger partial charge in [0, 0.05) is 24.2 Å². The number of aromatic nitrogens is 2. The third kappa shape index (κ3) is 5.56. The molecule has 4 aliphatic carbocycles. The van der Waals surface area contributed by atoms with E-state index in [1.54, 1.807) is 0 Å². The van der Waals surface area contributed by atoms with E-state index < -0.39 is 11.9 Å². The molecule has 0 amide bonds. The van der Waals surface area contributed by atoms with E-state index in [0.717, 1.165) is 30.9 Å². The van der Waals surface area contributed by atoms with Gasteiger partial charge in [0.05, 0.1) is 18.9 Å². The van der Waals surface area contributed by atoms with Gasteiger partial charge in [-0.3, -0.25) is 0 Å². The van der Waals surface area contributed by atoms with E-state index in [1.807, 2.05) is 24.3 Å². The fraction of sp³-hybridized carbons (Fsp3) is 0.615. The Morgan fingerprint density at radius 1 is 1.14 bits per heavy atom. The smallest absolute Gasteiger partial charge is 0.225 e. The topological polar surface area (TPSA) is 102 Å². The van der Waals surface area contributed by atoms with Crippen LogP contribution in [0.4, 0.5) is 16.2 Å². The third-order valence-corrected chi connectivity index (χ3v) is 8.61. The molecule has 4 saturated carbocycles. The van der Waals surface area contributed by atoms with Crippen LogP contribution in [0.25, 0.3) is 0 Å². The first-order valence-corrected chi connectivity index (χ1v) is 13.1. The predicted molar refractivity (Wildman–Crippen MR) is 135 cm³/mol. The largest absolute Gasteiger partial charge is 0.394 e. The molecule has 1 aromatic carbocycles. The molecule has 0 spiro atoms. The minimum Gasteiger partial charge on any atom is -0.394 e. The molecule has 2 aromatic rings. The van der Waals surface area contributed by atoms with Crippen molar-refractivity contribution in [1.29, 1.82) is 0 Å². The highest BCUT2D eigenvalue weighted by Crippen LogP contribution is 2.60. The summed E-state index contributed by atoms with van der Waals surface area (Å²) in [5.74, 6) is 2.12. The molecular weight excluding hydrogens is 469 g/mol. The lowest BCUT2D eigenvalue weighted by Gasteiger charge is -2.60. The molecule has 9 heteroatoms. The van der Waals surface area contributed by atoms with Gasteiger partial charge in [0.15, 0.2) is 11.6 Å². The molecule has 6 atom stereocenters. The minimum atomic E-state index is -0.651. The number of benzene rings is 1. The maximum absolute atomic E-state index is 14.6. The first-order valence-electron chi connectivity index (χ1n) is 12.7. The summed E-state index contributed by atoms with van der Waals surface area (Å²) < 4.78 is 14.6. The molecule has 0 aliphatic heterocycles. The van der Waals surface area contributed by atoms with Crippen LogP contribution in [-0.4, -0.2) is 52.0 Å². The summed E-state index contributed by atoms with van der Waals surface area (Å²) in [5, 5.41) is 29.5. The standard InChI is InChI=1S/C26H35ClFN5O2/c27-21-4-2-1-3-17(21)12-30-25-31-13-22(28)24(33-25)32-15-26-9-16-7-18(10-26)23(19(8-16)11-26)29-6-5-20(35)14-34/h1-4,13,16,18-20,23,29,34-35H,5-12,14-15H2,(H2,30,31,32,33)/t16?,18-,19+,20?,23-,26-. The Labute approximate surface area is 210 Å². The highest BCUT2D eigenvalue weighted by molar-refractivity contribution is 6.31. The van der Waals surface area contributed by atoms with E-state index in [4.69, 9.17) is 16.7 Å². The Morgan fingerprint density at radius 3 is 2.66 bits per heavy atom. The number of aliphatic hydroxyl groups excluding tert-OH is 2. The second-order valence-electron chi connectivity index (χ2n) is 10.8. The molecule has 5 N–H and O–H groups in total. The average Bonchev–Trinajstić information content (AvgIpc) is 2.84. The first kappa shape index (κ1) is 24.7. The summed E-state index contributed by atoms with van der Waals surface area (Å²) in [6.07, 6.45) is 7.06. The highest BCUT2D eigenvalue weighted by atomic mass is 35.5. The van der Waals surface area contributed by atoms with Crippen molar-refractivity contribution >= 4 is 23.4 Å². The second-order valence-corrected chi connectivity index (χ2v) is 11.2. The molecule has 1 aromatic heterocycles. The molecule has 0 saturated heterocycles. The monoisotopic (exact) mass is 503 g/mol. The van der Waals surface area contributed by atoms with E-state index in [1.165, 1.54) is 25.5 Å². The molecule has 4 aliphatic rings. The predicted octanol–water partition coefficient (Wildman–Crippen LogP) is 3.82. The van der Waals surface area contributed by atoms with Gasteiger partial charge in [0.25, 0.3) is 0 Å². The van der Waals surface area contributed by atoms with Crippen LogP contribution in [0.3, 0.4) is 0 Å². The van der Waals surface area contributed by atoms with Crippen molar-refractivity contribution in [1.82, 2.24) is 15.3 Å². The number of halogens is 2. The fourth-order valence-electron chi connectivity index (χ4n) is 6.91. The number of rotatable bonds is 11. The first-order chi connectivity index (χ1) is 16.9. The molecule has 2 unspecified atom stereocenters. The third-order valence-electron chi connectivity index (χ3n) is 8.24. The maximum Gasteiger partial charge on any atom is 0.225 e. The summed E-state index contributed by atoms with van der Waals surface area (Å²) in [5.41, 5.74) is 1.10. The van der Waals surface area contributed by atoms with Gasteiger partial charge >= 0.3 is 0 Å². The SMILES string of the molecule is OCC(O)CCN[C@@H]1[C@@H]2CC3C[C@H]1C[C@@](CNc1nc(NCc4ccccc4Cl)ncc1F)(C3)C2. The molecule has 190 valence electrons. The summed E-state index contributed by atoms with van der Waals surface area (Å²) in [6.45, 7) is 1.71. The van der Waals surface area contributed by atoms with Crippen LogP contribution < -0.4 is 16.0 Å². The van der Waals surface area contributed by atoms with Crippen LogP contribution >= 0.6 is 11.6 Å². The molecule has 4 fully saturated rings. The molecule has 1 heterocycles. The van der Waals surface area contributed by atoms with E-state index >= 15 is 0 Å².